The van der Waals surface area contributed by atoms with Crippen LogP contribution in [0.1, 0.15) is 12.8 Å². The highest BCUT2D eigenvalue weighted by atomic mass is 16.1. The van der Waals surface area contributed by atoms with Crippen LogP contribution in [0.15, 0.2) is 30.3 Å². The van der Waals surface area contributed by atoms with Gasteiger partial charge in [-0.3, -0.25) is 4.79 Å². The van der Waals surface area contributed by atoms with Gasteiger partial charge in [0, 0.05) is 23.9 Å². The number of anilines is 1. The van der Waals surface area contributed by atoms with Crippen LogP contribution in [0.4, 0.5) is 5.82 Å². The van der Waals surface area contributed by atoms with Gasteiger partial charge in [0.2, 0.25) is 0 Å². The van der Waals surface area contributed by atoms with Gasteiger partial charge in [-0.15, -0.1) is 0 Å². The number of carbonyl (C=O) groups is 1. The van der Waals surface area contributed by atoms with E-state index in [1.165, 1.54) is 5.39 Å². The van der Waals surface area contributed by atoms with Gasteiger partial charge in [0.25, 0.3) is 0 Å². The molecule has 0 saturated carbocycles. The molecular weight excluding hydrogens is 200 g/mol. The van der Waals surface area contributed by atoms with Gasteiger partial charge < -0.3 is 9.88 Å². The minimum Gasteiger partial charge on any atom is -0.351 e. The van der Waals surface area contributed by atoms with Crippen LogP contribution in [-0.2, 0) is 4.79 Å². The van der Waals surface area contributed by atoms with Gasteiger partial charge in [0.05, 0.1) is 6.54 Å². The molecule has 0 aliphatic carbocycles. The standard InChI is InChI=1S/C13H14N2O/c16-11-5-3-7-15(9-11)13-8-10-4-1-2-6-12(10)14-13/h1-2,4,6,8,14H,3,5,7,9H2. The Kier molecular flexibility index (Phi) is 2.17. The van der Waals surface area contributed by atoms with Crippen molar-refractivity contribution in [3.05, 3.63) is 30.3 Å². The van der Waals surface area contributed by atoms with Crippen LogP contribution >= 0.6 is 0 Å². The Morgan fingerprint density at radius 3 is 2.94 bits per heavy atom. The fraction of sp³-hybridized carbons (Fsp3) is 0.308. The van der Waals surface area contributed by atoms with Crippen molar-refractivity contribution in [2.24, 2.45) is 0 Å². The molecular formula is C13H14N2O. The highest BCUT2D eigenvalue weighted by molar-refractivity contribution is 5.87. The van der Waals surface area contributed by atoms with E-state index in [0.29, 0.717) is 12.3 Å². The van der Waals surface area contributed by atoms with E-state index in [1.54, 1.807) is 0 Å². The summed E-state index contributed by atoms with van der Waals surface area (Å²) in [4.78, 5) is 16.9. The first-order valence-corrected chi connectivity index (χ1v) is 5.67. The lowest BCUT2D eigenvalue weighted by atomic mass is 10.1. The number of Topliss-reactive ketones (excluding diaryl/α,β-unsaturated/α-hetero) is 1. The van der Waals surface area contributed by atoms with Crippen LogP contribution < -0.4 is 4.90 Å². The van der Waals surface area contributed by atoms with Crippen LogP contribution in [0.5, 0.6) is 0 Å². The summed E-state index contributed by atoms with van der Waals surface area (Å²) in [7, 11) is 0. The summed E-state index contributed by atoms with van der Waals surface area (Å²) in [5.41, 5.74) is 1.13. The summed E-state index contributed by atoms with van der Waals surface area (Å²) in [6, 6.07) is 10.3. The molecule has 2 heterocycles. The Bertz CT molecular complexity index is 496. The summed E-state index contributed by atoms with van der Waals surface area (Å²) in [6.07, 6.45) is 1.70. The van der Waals surface area contributed by atoms with Crippen molar-refractivity contribution in [2.45, 2.75) is 12.8 Å². The molecule has 3 heteroatoms. The number of aromatic amines is 1. The van der Waals surface area contributed by atoms with Crippen LogP contribution in [0.2, 0.25) is 0 Å². The Morgan fingerprint density at radius 1 is 1.25 bits per heavy atom. The molecule has 0 atom stereocenters. The van der Waals surface area contributed by atoms with E-state index in [-0.39, 0.29) is 0 Å². The molecule has 1 saturated heterocycles. The number of hydrogen-bond acceptors (Lipinski definition) is 2. The van der Waals surface area contributed by atoms with E-state index in [2.05, 4.69) is 28.1 Å². The number of carbonyl (C=O) groups excluding carboxylic acids is 1. The van der Waals surface area contributed by atoms with Gasteiger partial charge in [-0.25, -0.2) is 0 Å². The molecule has 0 radical (unpaired) electrons. The van der Waals surface area contributed by atoms with Gasteiger partial charge in [0.15, 0.2) is 5.78 Å². The molecule has 82 valence electrons. The molecule has 1 aliphatic heterocycles. The summed E-state index contributed by atoms with van der Waals surface area (Å²) in [5.74, 6) is 1.40. The minimum absolute atomic E-state index is 0.338. The minimum atomic E-state index is 0.338. The first-order valence-electron chi connectivity index (χ1n) is 5.67. The monoisotopic (exact) mass is 214 g/mol. The number of para-hydroxylation sites is 1. The van der Waals surface area contributed by atoms with Crippen LogP contribution in [0.25, 0.3) is 10.9 Å². The Morgan fingerprint density at radius 2 is 2.12 bits per heavy atom. The number of ketones is 1. The lowest BCUT2D eigenvalue weighted by molar-refractivity contribution is -0.118. The SMILES string of the molecule is O=C1CCCN(c2cc3ccccc3[nH]2)C1. The molecule has 0 unspecified atom stereocenters. The maximum Gasteiger partial charge on any atom is 0.152 e. The molecule has 3 nitrogen and oxygen atoms in total. The lowest BCUT2D eigenvalue weighted by Crippen LogP contribution is -2.35. The Hall–Kier alpha value is -1.77. The smallest absolute Gasteiger partial charge is 0.152 e. The van der Waals surface area contributed by atoms with Crippen LogP contribution in [0, 0.1) is 0 Å². The number of rotatable bonds is 1. The molecule has 1 N–H and O–H groups in total. The molecule has 0 spiro atoms. The molecule has 1 aliphatic rings. The van der Waals surface area contributed by atoms with Crippen molar-refractivity contribution >= 4 is 22.5 Å². The van der Waals surface area contributed by atoms with Crippen molar-refractivity contribution in [2.75, 3.05) is 18.0 Å². The molecule has 16 heavy (non-hydrogen) atoms. The van der Waals surface area contributed by atoms with Gasteiger partial charge in [-0.2, -0.15) is 0 Å². The van der Waals surface area contributed by atoms with Gasteiger partial charge >= 0.3 is 0 Å². The summed E-state index contributed by atoms with van der Waals surface area (Å²) < 4.78 is 0. The maximum atomic E-state index is 11.4. The van der Waals surface area contributed by atoms with Crippen molar-refractivity contribution in [3.63, 3.8) is 0 Å². The predicted molar refractivity (Wildman–Crippen MR) is 64.8 cm³/mol. The quantitative estimate of drug-likeness (QED) is 0.791. The number of nitrogens with zero attached hydrogens (tertiary/aromatic N) is 1. The van der Waals surface area contributed by atoms with Gasteiger partial charge in [0.1, 0.15) is 5.82 Å². The van der Waals surface area contributed by atoms with E-state index in [9.17, 15) is 4.79 Å². The third-order valence-electron chi connectivity index (χ3n) is 3.11. The maximum absolute atomic E-state index is 11.4. The number of piperidine rings is 1. The third kappa shape index (κ3) is 1.58. The number of nitrogens with one attached hydrogen (secondary N) is 1. The largest absolute Gasteiger partial charge is 0.351 e. The number of benzene rings is 1. The zero-order valence-corrected chi connectivity index (χ0v) is 9.07. The first kappa shape index (κ1) is 9.46. The van der Waals surface area contributed by atoms with E-state index in [4.69, 9.17) is 0 Å². The summed E-state index contributed by atoms with van der Waals surface area (Å²) in [5, 5.41) is 1.20. The van der Waals surface area contributed by atoms with Crippen molar-refractivity contribution in [3.8, 4) is 0 Å². The lowest BCUT2D eigenvalue weighted by Gasteiger charge is -2.26. The highest BCUT2D eigenvalue weighted by Gasteiger charge is 2.18. The van der Waals surface area contributed by atoms with Crippen molar-refractivity contribution < 1.29 is 4.79 Å². The summed E-state index contributed by atoms with van der Waals surface area (Å²) in [6.45, 7) is 1.52. The molecule has 1 aromatic carbocycles. The first-order chi connectivity index (χ1) is 7.83. The highest BCUT2D eigenvalue weighted by Crippen LogP contribution is 2.23. The fourth-order valence-electron chi connectivity index (χ4n) is 2.27. The second kappa shape index (κ2) is 3.67. The molecule has 1 fully saturated rings. The van der Waals surface area contributed by atoms with Crippen molar-refractivity contribution in [1.29, 1.82) is 0 Å². The van der Waals surface area contributed by atoms with Crippen LogP contribution in [0.3, 0.4) is 0 Å². The average molecular weight is 214 g/mol. The predicted octanol–water partition coefficient (Wildman–Crippen LogP) is 2.34. The Balaban J connectivity index is 1.96. The van der Waals surface area contributed by atoms with E-state index >= 15 is 0 Å². The second-order valence-corrected chi connectivity index (χ2v) is 4.31. The molecule has 0 amide bonds. The van der Waals surface area contributed by atoms with E-state index in [1.807, 2.05) is 12.1 Å². The topological polar surface area (TPSA) is 36.1 Å². The molecule has 3 rings (SSSR count). The number of fused-ring (bicyclic) bond motifs is 1. The average Bonchev–Trinajstić information content (AvgIpc) is 2.72. The third-order valence-corrected chi connectivity index (χ3v) is 3.11. The molecule has 1 aromatic heterocycles. The van der Waals surface area contributed by atoms with Crippen molar-refractivity contribution in [1.82, 2.24) is 4.98 Å². The van der Waals surface area contributed by atoms with Crippen LogP contribution in [-0.4, -0.2) is 23.9 Å². The zero-order valence-electron chi connectivity index (χ0n) is 9.07. The zero-order chi connectivity index (χ0) is 11.0. The number of hydrogen-bond donors (Lipinski definition) is 1. The van der Waals surface area contributed by atoms with E-state index in [0.717, 1.165) is 30.7 Å². The Labute approximate surface area is 94.1 Å². The van der Waals surface area contributed by atoms with E-state index < -0.39 is 0 Å². The normalized spacial score (nSPS) is 17.0. The molecule has 0 bridgehead atoms. The molecule has 2 aromatic rings. The van der Waals surface area contributed by atoms with Gasteiger partial charge in [-0.05, 0) is 18.6 Å². The number of H-pyrrole nitrogens is 1. The fourth-order valence-corrected chi connectivity index (χ4v) is 2.27. The number of aromatic nitrogens is 1. The second-order valence-electron chi connectivity index (χ2n) is 4.31. The van der Waals surface area contributed by atoms with Gasteiger partial charge in [-0.1, -0.05) is 18.2 Å². The summed E-state index contributed by atoms with van der Waals surface area (Å²) >= 11 is 0.